The van der Waals surface area contributed by atoms with E-state index in [0.717, 1.165) is 22.4 Å². The first kappa shape index (κ1) is 18.9. The first-order valence-electron chi connectivity index (χ1n) is 8.87. The number of hydrogen-bond donors (Lipinski definition) is 0. The largest absolute Gasteiger partial charge is 0.573 e. The van der Waals surface area contributed by atoms with Gasteiger partial charge in [-0.25, -0.2) is 4.98 Å². The maximum atomic E-state index is 12.6. The molecule has 148 valence electrons. The van der Waals surface area contributed by atoms with Crippen LogP contribution in [-0.4, -0.2) is 23.0 Å². The molecule has 0 fully saturated rings. The van der Waals surface area contributed by atoms with Gasteiger partial charge in [0.15, 0.2) is 0 Å². The third-order valence-electron chi connectivity index (χ3n) is 4.46. The van der Waals surface area contributed by atoms with Gasteiger partial charge in [0, 0.05) is 18.2 Å². The van der Waals surface area contributed by atoms with Crippen molar-refractivity contribution >= 4 is 11.0 Å². The summed E-state index contributed by atoms with van der Waals surface area (Å²) in [5, 5.41) is 0. The Hall–Kier alpha value is -3.48. The maximum absolute atomic E-state index is 12.6. The molecule has 1 heterocycles. The minimum Gasteiger partial charge on any atom is -0.497 e. The van der Waals surface area contributed by atoms with E-state index in [-0.39, 0.29) is 5.75 Å². The Morgan fingerprint density at radius 2 is 1.69 bits per heavy atom. The van der Waals surface area contributed by atoms with E-state index in [1.165, 1.54) is 12.1 Å². The Morgan fingerprint density at radius 1 is 0.897 bits per heavy atom. The van der Waals surface area contributed by atoms with Crippen LogP contribution in [0.4, 0.5) is 13.2 Å². The molecule has 0 radical (unpaired) electrons. The molecular formula is C22H17F3N2O2. The number of nitrogens with zero attached hydrogens (tertiary/aromatic N) is 2. The van der Waals surface area contributed by atoms with Crippen LogP contribution in [0.3, 0.4) is 0 Å². The van der Waals surface area contributed by atoms with Gasteiger partial charge < -0.3 is 14.0 Å². The lowest BCUT2D eigenvalue weighted by molar-refractivity contribution is -0.274. The highest BCUT2D eigenvalue weighted by molar-refractivity contribution is 5.82. The molecule has 0 aliphatic rings. The number of alkyl halides is 3. The van der Waals surface area contributed by atoms with E-state index in [0.29, 0.717) is 17.9 Å². The Labute approximate surface area is 165 Å². The highest BCUT2D eigenvalue weighted by Gasteiger charge is 2.31. The summed E-state index contributed by atoms with van der Waals surface area (Å²) in [6.45, 7) is 0.335. The van der Waals surface area contributed by atoms with E-state index in [1.54, 1.807) is 19.2 Å². The van der Waals surface area contributed by atoms with E-state index in [2.05, 4.69) is 4.74 Å². The number of ether oxygens (including phenoxy) is 2. The predicted molar refractivity (Wildman–Crippen MR) is 104 cm³/mol. The molecule has 4 aromatic rings. The van der Waals surface area contributed by atoms with Crippen LogP contribution in [0.25, 0.3) is 22.4 Å². The molecule has 0 N–H and O–H groups in total. The van der Waals surface area contributed by atoms with E-state index in [9.17, 15) is 13.2 Å². The van der Waals surface area contributed by atoms with Gasteiger partial charge in [0.1, 0.15) is 17.3 Å². The monoisotopic (exact) mass is 398 g/mol. The number of methoxy groups -OCH3 is 1. The molecule has 0 aliphatic heterocycles. The van der Waals surface area contributed by atoms with E-state index >= 15 is 0 Å². The molecule has 0 unspecified atom stereocenters. The van der Waals surface area contributed by atoms with Crippen molar-refractivity contribution in [2.45, 2.75) is 12.9 Å². The molecule has 4 nitrogen and oxygen atoms in total. The fraction of sp³-hybridized carbons (Fsp3) is 0.136. The normalized spacial score (nSPS) is 11.6. The van der Waals surface area contributed by atoms with Gasteiger partial charge >= 0.3 is 6.36 Å². The molecule has 3 aromatic carbocycles. The predicted octanol–water partition coefficient (Wildman–Crippen LogP) is 5.66. The fourth-order valence-corrected chi connectivity index (χ4v) is 3.23. The van der Waals surface area contributed by atoms with Gasteiger partial charge in [0.05, 0.1) is 18.1 Å². The zero-order valence-corrected chi connectivity index (χ0v) is 15.5. The Kier molecular flexibility index (Phi) is 4.88. The van der Waals surface area contributed by atoms with Crippen molar-refractivity contribution in [2.75, 3.05) is 7.11 Å². The zero-order valence-electron chi connectivity index (χ0n) is 15.5. The lowest BCUT2D eigenvalue weighted by atomic mass is 10.2. The number of rotatable bonds is 5. The van der Waals surface area contributed by atoms with Crippen LogP contribution in [0.5, 0.6) is 11.5 Å². The van der Waals surface area contributed by atoms with Gasteiger partial charge in [-0.2, -0.15) is 0 Å². The summed E-state index contributed by atoms with van der Waals surface area (Å²) >= 11 is 0. The Bertz CT molecular complexity index is 1140. The molecule has 0 bridgehead atoms. The topological polar surface area (TPSA) is 36.3 Å². The quantitative estimate of drug-likeness (QED) is 0.435. The number of hydrogen-bond acceptors (Lipinski definition) is 3. The molecule has 0 saturated heterocycles. The molecule has 0 amide bonds. The third-order valence-corrected chi connectivity index (χ3v) is 4.46. The molecule has 0 aliphatic carbocycles. The number of halogens is 3. The van der Waals surface area contributed by atoms with Crippen LogP contribution >= 0.6 is 0 Å². The van der Waals surface area contributed by atoms with Crippen LogP contribution in [-0.2, 0) is 6.54 Å². The lowest BCUT2D eigenvalue weighted by Crippen LogP contribution is -2.17. The molecule has 0 spiro atoms. The van der Waals surface area contributed by atoms with Crippen molar-refractivity contribution in [3.05, 3.63) is 78.4 Å². The van der Waals surface area contributed by atoms with Crippen LogP contribution in [0.2, 0.25) is 0 Å². The van der Waals surface area contributed by atoms with Gasteiger partial charge in [-0.05, 0) is 29.8 Å². The summed E-state index contributed by atoms with van der Waals surface area (Å²) in [5.41, 5.74) is 3.17. The standard InChI is InChI=1S/C22H17F3N2O2/c1-28-17-10-11-20-19(13-17)26-21(16-7-3-2-4-8-16)27(20)14-15-6-5-9-18(12-15)29-22(23,24)25/h2-13H,14H2,1H3. The van der Waals surface area contributed by atoms with Crippen molar-refractivity contribution < 1.29 is 22.6 Å². The van der Waals surface area contributed by atoms with Gasteiger partial charge in [-0.15, -0.1) is 13.2 Å². The highest BCUT2D eigenvalue weighted by atomic mass is 19.4. The first-order chi connectivity index (χ1) is 13.9. The van der Waals surface area contributed by atoms with Crippen LogP contribution in [0, 0.1) is 0 Å². The zero-order chi connectivity index (χ0) is 20.4. The molecule has 1 aromatic heterocycles. The Morgan fingerprint density at radius 3 is 2.41 bits per heavy atom. The SMILES string of the molecule is COc1ccc2c(c1)nc(-c1ccccc1)n2Cc1cccc(OC(F)(F)F)c1. The molecule has 0 atom stereocenters. The van der Waals surface area contributed by atoms with Crippen molar-refractivity contribution in [2.24, 2.45) is 0 Å². The molecule has 0 saturated carbocycles. The van der Waals surface area contributed by atoms with Gasteiger partial charge in [0.2, 0.25) is 0 Å². The third kappa shape index (κ3) is 4.18. The molecular weight excluding hydrogens is 381 g/mol. The van der Waals surface area contributed by atoms with E-state index in [1.807, 2.05) is 53.1 Å². The number of aromatic nitrogens is 2. The summed E-state index contributed by atoms with van der Waals surface area (Å²) in [4.78, 5) is 4.74. The van der Waals surface area contributed by atoms with Crippen molar-refractivity contribution in [1.82, 2.24) is 9.55 Å². The second-order valence-corrected chi connectivity index (χ2v) is 6.44. The smallest absolute Gasteiger partial charge is 0.497 e. The minimum absolute atomic E-state index is 0.248. The Balaban J connectivity index is 1.79. The van der Waals surface area contributed by atoms with Crippen LogP contribution in [0.15, 0.2) is 72.8 Å². The minimum atomic E-state index is -4.73. The average molecular weight is 398 g/mol. The lowest BCUT2D eigenvalue weighted by Gasteiger charge is -2.12. The van der Waals surface area contributed by atoms with Crippen molar-refractivity contribution in [3.8, 4) is 22.9 Å². The number of benzene rings is 3. The second kappa shape index (κ2) is 7.50. The first-order valence-corrected chi connectivity index (χ1v) is 8.87. The summed E-state index contributed by atoms with van der Waals surface area (Å²) in [5.74, 6) is 1.15. The van der Waals surface area contributed by atoms with Gasteiger partial charge in [-0.1, -0.05) is 42.5 Å². The second-order valence-electron chi connectivity index (χ2n) is 6.44. The fourth-order valence-electron chi connectivity index (χ4n) is 3.23. The van der Waals surface area contributed by atoms with Crippen molar-refractivity contribution in [3.63, 3.8) is 0 Å². The van der Waals surface area contributed by atoms with Crippen LogP contribution < -0.4 is 9.47 Å². The van der Waals surface area contributed by atoms with Crippen molar-refractivity contribution in [1.29, 1.82) is 0 Å². The maximum Gasteiger partial charge on any atom is 0.573 e. The number of imidazole rings is 1. The van der Waals surface area contributed by atoms with E-state index < -0.39 is 6.36 Å². The highest BCUT2D eigenvalue weighted by Crippen LogP contribution is 2.29. The summed E-state index contributed by atoms with van der Waals surface area (Å²) in [6, 6.07) is 21.2. The average Bonchev–Trinajstić information content (AvgIpc) is 3.05. The summed E-state index contributed by atoms with van der Waals surface area (Å²) in [6.07, 6.45) is -4.73. The molecule has 29 heavy (non-hydrogen) atoms. The van der Waals surface area contributed by atoms with Gasteiger partial charge in [-0.3, -0.25) is 0 Å². The van der Waals surface area contributed by atoms with Gasteiger partial charge in [0.25, 0.3) is 0 Å². The molecule has 4 rings (SSSR count). The number of fused-ring (bicyclic) bond motifs is 1. The molecule has 7 heteroatoms. The summed E-state index contributed by atoms with van der Waals surface area (Å²) in [7, 11) is 1.59. The summed E-state index contributed by atoms with van der Waals surface area (Å²) < 4.78 is 49.0. The van der Waals surface area contributed by atoms with E-state index in [4.69, 9.17) is 9.72 Å². The van der Waals surface area contributed by atoms with Crippen LogP contribution in [0.1, 0.15) is 5.56 Å².